The van der Waals surface area contributed by atoms with Gasteiger partial charge in [-0.25, -0.2) is 19.7 Å². The third-order valence-corrected chi connectivity index (χ3v) is 7.18. The zero-order chi connectivity index (χ0) is 26.9. The first-order valence-corrected chi connectivity index (χ1v) is 13.0. The molecule has 1 aliphatic rings. The Kier molecular flexibility index (Phi) is 6.60. The molecule has 4 heterocycles. The van der Waals surface area contributed by atoms with E-state index in [9.17, 15) is 9.90 Å². The third-order valence-electron chi connectivity index (χ3n) is 6.95. The molecule has 0 aliphatic carbocycles. The standard InChI is InChI=1S/C29H26ClN7O2/c30-21-4-1-3-20(17-21)24-10-11-25-28(33-24)37(27(34-25)23-5-2-12-32-26(23)31)22-8-6-19(7-9-22)18-35-13-15-36(16-14-35)29(38)39/h1-12,17H,13-16,18H2,(H2,31,32)(H,38,39). The van der Waals surface area contributed by atoms with E-state index in [0.717, 1.165) is 40.1 Å². The Balaban J connectivity index is 1.38. The van der Waals surface area contributed by atoms with Crippen molar-refractivity contribution in [3.8, 4) is 28.3 Å². The Morgan fingerprint density at radius 2 is 1.74 bits per heavy atom. The van der Waals surface area contributed by atoms with Crippen molar-refractivity contribution in [1.29, 1.82) is 0 Å². The highest BCUT2D eigenvalue weighted by Gasteiger charge is 2.21. The van der Waals surface area contributed by atoms with Crippen LogP contribution in [0.2, 0.25) is 5.02 Å². The maximum atomic E-state index is 11.2. The van der Waals surface area contributed by atoms with E-state index >= 15 is 0 Å². The van der Waals surface area contributed by atoms with Gasteiger partial charge in [0.15, 0.2) is 11.5 Å². The summed E-state index contributed by atoms with van der Waals surface area (Å²) in [6.07, 6.45) is 0.801. The van der Waals surface area contributed by atoms with Gasteiger partial charge in [-0.15, -0.1) is 0 Å². The minimum absolute atomic E-state index is 0.390. The van der Waals surface area contributed by atoms with Crippen molar-refractivity contribution in [3.05, 3.63) is 89.6 Å². The largest absolute Gasteiger partial charge is 0.465 e. The van der Waals surface area contributed by atoms with Crippen LogP contribution in [0.15, 0.2) is 79.0 Å². The summed E-state index contributed by atoms with van der Waals surface area (Å²) in [6, 6.07) is 23.5. The van der Waals surface area contributed by atoms with Crippen LogP contribution in [-0.4, -0.2) is 66.7 Å². The molecule has 10 heteroatoms. The molecule has 0 unspecified atom stereocenters. The summed E-state index contributed by atoms with van der Waals surface area (Å²) in [7, 11) is 0. The van der Waals surface area contributed by atoms with Gasteiger partial charge in [0.1, 0.15) is 11.3 Å². The van der Waals surface area contributed by atoms with E-state index in [1.54, 1.807) is 6.20 Å². The Hall–Kier alpha value is -4.47. The first-order chi connectivity index (χ1) is 19.0. The van der Waals surface area contributed by atoms with Gasteiger partial charge in [-0.3, -0.25) is 9.47 Å². The van der Waals surface area contributed by atoms with Crippen molar-refractivity contribution in [3.63, 3.8) is 0 Å². The van der Waals surface area contributed by atoms with Crippen LogP contribution in [0.25, 0.3) is 39.5 Å². The summed E-state index contributed by atoms with van der Waals surface area (Å²) in [5.41, 5.74) is 12.2. The Labute approximate surface area is 230 Å². The number of fused-ring (bicyclic) bond motifs is 1. The van der Waals surface area contributed by atoms with Crippen molar-refractivity contribution >= 4 is 34.7 Å². The molecule has 1 aliphatic heterocycles. The van der Waals surface area contributed by atoms with E-state index in [4.69, 9.17) is 27.3 Å². The van der Waals surface area contributed by atoms with Gasteiger partial charge in [-0.1, -0.05) is 35.9 Å². The second-order valence-electron chi connectivity index (χ2n) is 9.47. The van der Waals surface area contributed by atoms with Gasteiger partial charge in [0.05, 0.1) is 11.3 Å². The number of nitrogen functional groups attached to an aromatic ring is 1. The lowest BCUT2D eigenvalue weighted by Gasteiger charge is -2.33. The predicted molar refractivity (Wildman–Crippen MR) is 152 cm³/mol. The number of carboxylic acid groups (broad SMARTS) is 1. The van der Waals surface area contributed by atoms with Crippen molar-refractivity contribution in [2.45, 2.75) is 6.54 Å². The molecule has 5 aromatic rings. The molecule has 0 atom stereocenters. The van der Waals surface area contributed by atoms with E-state index < -0.39 is 6.09 Å². The molecule has 0 bridgehead atoms. The summed E-state index contributed by atoms with van der Waals surface area (Å²) in [5.74, 6) is 1.05. The Bertz CT molecular complexity index is 1660. The van der Waals surface area contributed by atoms with Gasteiger partial charge >= 0.3 is 6.09 Å². The summed E-state index contributed by atoms with van der Waals surface area (Å²) >= 11 is 6.25. The van der Waals surface area contributed by atoms with Crippen molar-refractivity contribution in [1.82, 2.24) is 29.3 Å². The first-order valence-electron chi connectivity index (χ1n) is 12.6. The molecule has 1 amide bonds. The highest BCUT2D eigenvalue weighted by Crippen LogP contribution is 2.32. The summed E-state index contributed by atoms with van der Waals surface area (Å²) in [6.45, 7) is 3.20. The molecule has 0 radical (unpaired) electrons. The van der Waals surface area contributed by atoms with Crippen LogP contribution < -0.4 is 5.73 Å². The van der Waals surface area contributed by atoms with Gasteiger partial charge in [-0.05, 0) is 54.1 Å². The number of imidazole rings is 1. The highest BCUT2D eigenvalue weighted by molar-refractivity contribution is 6.30. The van der Waals surface area contributed by atoms with E-state index in [0.29, 0.717) is 48.5 Å². The van der Waals surface area contributed by atoms with Crippen LogP contribution in [0.5, 0.6) is 0 Å². The van der Waals surface area contributed by atoms with E-state index in [-0.39, 0.29) is 0 Å². The molecule has 6 rings (SSSR count). The normalized spacial score (nSPS) is 14.1. The lowest BCUT2D eigenvalue weighted by molar-refractivity contribution is 0.103. The van der Waals surface area contributed by atoms with Crippen LogP contribution in [0.1, 0.15) is 5.56 Å². The molecule has 9 nitrogen and oxygen atoms in total. The zero-order valence-electron chi connectivity index (χ0n) is 21.0. The SMILES string of the molecule is Nc1ncccc1-c1nc2ccc(-c3cccc(Cl)c3)nc2n1-c1ccc(CN2CCN(C(=O)O)CC2)cc1. The number of hydrogen-bond acceptors (Lipinski definition) is 6. The number of hydrogen-bond donors (Lipinski definition) is 2. The van der Waals surface area contributed by atoms with Gasteiger partial charge in [0.2, 0.25) is 0 Å². The average Bonchev–Trinajstić information content (AvgIpc) is 3.32. The molecule has 1 saturated heterocycles. The number of aromatic nitrogens is 4. The molecule has 2 aromatic carbocycles. The second kappa shape index (κ2) is 10.4. The van der Waals surface area contributed by atoms with Crippen molar-refractivity contribution < 1.29 is 9.90 Å². The minimum Gasteiger partial charge on any atom is -0.465 e. The smallest absolute Gasteiger partial charge is 0.407 e. The minimum atomic E-state index is -0.858. The lowest BCUT2D eigenvalue weighted by Crippen LogP contribution is -2.47. The molecular weight excluding hydrogens is 514 g/mol. The second-order valence-corrected chi connectivity index (χ2v) is 9.91. The predicted octanol–water partition coefficient (Wildman–Crippen LogP) is 5.18. The molecule has 39 heavy (non-hydrogen) atoms. The lowest BCUT2D eigenvalue weighted by atomic mass is 10.1. The number of piperazine rings is 1. The molecular formula is C29H26ClN7O2. The molecule has 3 aromatic heterocycles. The third kappa shape index (κ3) is 5.01. The first kappa shape index (κ1) is 24.8. The van der Waals surface area contributed by atoms with Crippen LogP contribution in [-0.2, 0) is 6.54 Å². The molecule has 0 spiro atoms. The Morgan fingerprint density at radius 3 is 2.46 bits per heavy atom. The summed E-state index contributed by atoms with van der Waals surface area (Å²) in [4.78, 5) is 29.1. The van der Waals surface area contributed by atoms with Gasteiger partial charge in [-0.2, -0.15) is 0 Å². The van der Waals surface area contributed by atoms with Crippen LogP contribution in [0.4, 0.5) is 10.6 Å². The fourth-order valence-electron chi connectivity index (χ4n) is 4.90. The molecule has 1 fully saturated rings. The summed E-state index contributed by atoms with van der Waals surface area (Å²) in [5, 5.41) is 9.85. The van der Waals surface area contributed by atoms with Gasteiger partial charge in [0.25, 0.3) is 0 Å². The number of anilines is 1. The topological polar surface area (TPSA) is 113 Å². The van der Waals surface area contributed by atoms with E-state index in [1.165, 1.54) is 4.90 Å². The van der Waals surface area contributed by atoms with Crippen LogP contribution in [0.3, 0.4) is 0 Å². The van der Waals surface area contributed by atoms with Crippen molar-refractivity contribution in [2.75, 3.05) is 31.9 Å². The number of halogens is 1. The highest BCUT2D eigenvalue weighted by atomic mass is 35.5. The maximum absolute atomic E-state index is 11.2. The molecule has 0 saturated carbocycles. The number of amides is 1. The Morgan fingerprint density at radius 1 is 0.949 bits per heavy atom. The zero-order valence-corrected chi connectivity index (χ0v) is 21.8. The molecule has 196 valence electrons. The fourth-order valence-corrected chi connectivity index (χ4v) is 5.09. The number of nitrogens with zero attached hydrogens (tertiary/aromatic N) is 6. The summed E-state index contributed by atoms with van der Waals surface area (Å²) < 4.78 is 2.01. The van der Waals surface area contributed by atoms with E-state index in [2.05, 4.69) is 22.0 Å². The van der Waals surface area contributed by atoms with Crippen molar-refractivity contribution in [2.24, 2.45) is 0 Å². The number of pyridine rings is 2. The fraction of sp³-hybridized carbons (Fsp3) is 0.172. The number of nitrogens with two attached hydrogens (primary N) is 1. The van der Waals surface area contributed by atoms with Gasteiger partial charge in [0, 0.05) is 55.2 Å². The van der Waals surface area contributed by atoms with Crippen LogP contribution in [0, 0.1) is 0 Å². The average molecular weight is 540 g/mol. The number of rotatable bonds is 5. The van der Waals surface area contributed by atoms with Crippen LogP contribution >= 0.6 is 11.6 Å². The molecule has 3 N–H and O–H groups in total. The quantitative estimate of drug-likeness (QED) is 0.316. The monoisotopic (exact) mass is 539 g/mol. The van der Waals surface area contributed by atoms with Gasteiger partial charge < -0.3 is 15.7 Å². The number of carbonyl (C=O) groups is 1. The van der Waals surface area contributed by atoms with E-state index in [1.807, 2.05) is 65.2 Å². The number of benzene rings is 2. The maximum Gasteiger partial charge on any atom is 0.407 e.